The third kappa shape index (κ3) is 6.55. The first-order valence-corrected chi connectivity index (χ1v) is 10.2. The molecule has 1 aliphatic heterocycles. The molecule has 1 fully saturated rings. The Labute approximate surface area is 181 Å². The van der Waals surface area contributed by atoms with Crippen molar-refractivity contribution < 1.29 is 23.9 Å². The molecule has 1 saturated heterocycles. The van der Waals surface area contributed by atoms with E-state index >= 15 is 0 Å². The highest BCUT2D eigenvalue weighted by atomic mass is 16.5. The van der Waals surface area contributed by atoms with Crippen molar-refractivity contribution in [1.29, 1.82) is 0 Å². The number of methoxy groups -OCH3 is 1. The van der Waals surface area contributed by atoms with Crippen molar-refractivity contribution in [2.75, 3.05) is 38.7 Å². The SMILES string of the molecule is COc1cccc(NC(=O)C(=O)NCCCC(=O)N2CCOC(c3ccccc3)C2)c1. The second kappa shape index (κ2) is 11.1. The lowest BCUT2D eigenvalue weighted by Gasteiger charge is -2.33. The number of carbonyl (C=O) groups excluding carboxylic acids is 3. The van der Waals surface area contributed by atoms with Crippen LogP contribution in [-0.4, -0.2) is 56.0 Å². The molecule has 0 saturated carbocycles. The van der Waals surface area contributed by atoms with E-state index in [-0.39, 0.29) is 18.6 Å². The van der Waals surface area contributed by atoms with Crippen molar-refractivity contribution >= 4 is 23.4 Å². The van der Waals surface area contributed by atoms with E-state index in [0.29, 0.717) is 44.0 Å². The first-order chi connectivity index (χ1) is 15.1. The summed E-state index contributed by atoms with van der Waals surface area (Å²) >= 11 is 0. The number of amides is 3. The van der Waals surface area contributed by atoms with Gasteiger partial charge in [0.1, 0.15) is 11.9 Å². The molecule has 0 spiro atoms. The standard InChI is InChI=1S/C23H27N3O5/c1-30-19-10-5-9-18(15-19)25-23(29)22(28)24-12-6-11-21(27)26-13-14-31-20(16-26)17-7-3-2-4-8-17/h2-5,7-10,15,20H,6,11-14,16H2,1H3,(H,24,28)(H,25,29). The molecule has 1 heterocycles. The highest BCUT2D eigenvalue weighted by Gasteiger charge is 2.25. The number of carbonyl (C=O) groups is 3. The molecule has 31 heavy (non-hydrogen) atoms. The fourth-order valence-electron chi connectivity index (χ4n) is 3.31. The van der Waals surface area contributed by atoms with E-state index < -0.39 is 11.8 Å². The largest absolute Gasteiger partial charge is 0.497 e. The van der Waals surface area contributed by atoms with Crippen molar-refractivity contribution in [1.82, 2.24) is 10.2 Å². The Bertz CT molecular complexity index is 903. The van der Waals surface area contributed by atoms with Crippen LogP contribution in [0.1, 0.15) is 24.5 Å². The maximum Gasteiger partial charge on any atom is 0.313 e. The van der Waals surface area contributed by atoms with Gasteiger partial charge in [-0.1, -0.05) is 36.4 Å². The summed E-state index contributed by atoms with van der Waals surface area (Å²) < 4.78 is 10.9. The van der Waals surface area contributed by atoms with E-state index in [0.717, 1.165) is 5.56 Å². The van der Waals surface area contributed by atoms with Crippen LogP contribution in [0.2, 0.25) is 0 Å². The average Bonchev–Trinajstić information content (AvgIpc) is 2.82. The Balaban J connectivity index is 1.38. The van der Waals surface area contributed by atoms with Gasteiger partial charge in [-0.2, -0.15) is 0 Å². The normalized spacial score (nSPS) is 15.8. The fraction of sp³-hybridized carbons (Fsp3) is 0.348. The van der Waals surface area contributed by atoms with Crippen LogP contribution in [0.25, 0.3) is 0 Å². The zero-order valence-electron chi connectivity index (χ0n) is 17.5. The lowest BCUT2D eigenvalue weighted by molar-refractivity contribution is -0.139. The zero-order valence-corrected chi connectivity index (χ0v) is 17.5. The summed E-state index contributed by atoms with van der Waals surface area (Å²) in [6.45, 7) is 1.80. The Kier molecular flexibility index (Phi) is 8.00. The van der Waals surface area contributed by atoms with E-state index in [9.17, 15) is 14.4 Å². The average molecular weight is 425 g/mol. The molecule has 3 amide bonds. The van der Waals surface area contributed by atoms with Crippen LogP contribution in [0.4, 0.5) is 5.69 Å². The molecule has 2 N–H and O–H groups in total. The van der Waals surface area contributed by atoms with Crippen LogP contribution in [0.3, 0.4) is 0 Å². The first kappa shape index (κ1) is 22.3. The number of ether oxygens (including phenoxy) is 2. The predicted octanol–water partition coefficient (Wildman–Crippen LogP) is 2.13. The monoisotopic (exact) mass is 425 g/mol. The van der Waals surface area contributed by atoms with Gasteiger partial charge in [-0.25, -0.2) is 0 Å². The van der Waals surface area contributed by atoms with Gasteiger partial charge in [0.05, 0.1) is 20.3 Å². The summed E-state index contributed by atoms with van der Waals surface area (Å²) in [6, 6.07) is 16.6. The number of rotatable bonds is 7. The first-order valence-electron chi connectivity index (χ1n) is 10.2. The predicted molar refractivity (Wildman–Crippen MR) is 116 cm³/mol. The summed E-state index contributed by atoms with van der Waals surface area (Å²) in [4.78, 5) is 38.3. The lowest BCUT2D eigenvalue weighted by atomic mass is 10.1. The molecule has 2 aromatic rings. The minimum absolute atomic E-state index is 0.0133. The number of morpholine rings is 1. The smallest absolute Gasteiger partial charge is 0.313 e. The van der Waals surface area contributed by atoms with Gasteiger partial charge in [-0.3, -0.25) is 14.4 Å². The molecule has 8 heteroatoms. The van der Waals surface area contributed by atoms with Crippen molar-refractivity contribution in [3.63, 3.8) is 0 Å². The highest BCUT2D eigenvalue weighted by Crippen LogP contribution is 2.22. The van der Waals surface area contributed by atoms with E-state index in [4.69, 9.17) is 9.47 Å². The summed E-state index contributed by atoms with van der Waals surface area (Å²) in [6.07, 6.45) is 0.614. The maximum atomic E-state index is 12.5. The minimum Gasteiger partial charge on any atom is -0.497 e. The van der Waals surface area contributed by atoms with Crippen molar-refractivity contribution in [2.24, 2.45) is 0 Å². The highest BCUT2D eigenvalue weighted by molar-refractivity contribution is 6.39. The molecule has 1 aliphatic rings. The quantitative estimate of drug-likeness (QED) is 0.523. The van der Waals surface area contributed by atoms with Crippen LogP contribution in [0.5, 0.6) is 5.75 Å². The van der Waals surface area contributed by atoms with Crippen molar-refractivity contribution in [3.8, 4) is 5.75 Å². The minimum atomic E-state index is -0.765. The maximum absolute atomic E-state index is 12.5. The van der Waals surface area contributed by atoms with E-state index in [1.165, 1.54) is 7.11 Å². The number of nitrogens with zero attached hydrogens (tertiary/aromatic N) is 1. The Morgan fingerprint density at radius 1 is 1.10 bits per heavy atom. The molecular weight excluding hydrogens is 398 g/mol. The van der Waals surface area contributed by atoms with Crippen molar-refractivity contribution in [3.05, 3.63) is 60.2 Å². The Hall–Kier alpha value is -3.39. The molecule has 164 valence electrons. The Morgan fingerprint density at radius 3 is 2.68 bits per heavy atom. The molecule has 0 bridgehead atoms. The van der Waals surface area contributed by atoms with Gasteiger partial charge in [-0.05, 0) is 24.1 Å². The van der Waals surface area contributed by atoms with Crippen LogP contribution in [0, 0.1) is 0 Å². The van der Waals surface area contributed by atoms with Crippen LogP contribution in [-0.2, 0) is 19.1 Å². The second-order valence-electron chi connectivity index (χ2n) is 7.16. The number of nitrogens with one attached hydrogen (secondary N) is 2. The van der Waals surface area contributed by atoms with Gasteiger partial charge in [0, 0.05) is 31.3 Å². The van der Waals surface area contributed by atoms with Crippen LogP contribution < -0.4 is 15.4 Å². The van der Waals surface area contributed by atoms with Gasteiger partial charge < -0.3 is 25.0 Å². The van der Waals surface area contributed by atoms with E-state index in [1.54, 1.807) is 29.2 Å². The van der Waals surface area contributed by atoms with E-state index in [2.05, 4.69) is 10.6 Å². The molecule has 2 aromatic carbocycles. The molecule has 1 atom stereocenters. The molecule has 0 aromatic heterocycles. The van der Waals surface area contributed by atoms with Gasteiger partial charge in [0.2, 0.25) is 5.91 Å². The molecule has 8 nitrogen and oxygen atoms in total. The second-order valence-corrected chi connectivity index (χ2v) is 7.16. The van der Waals surface area contributed by atoms with Gasteiger partial charge in [0.15, 0.2) is 0 Å². The summed E-state index contributed by atoms with van der Waals surface area (Å²) in [5, 5.41) is 5.06. The summed E-state index contributed by atoms with van der Waals surface area (Å²) in [5.74, 6) is -0.919. The number of anilines is 1. The van der Waals surface area contributed by atoms with Crippen molar-refractivity contribution in [2.45, 2.75) is 18.9 Å². The molecule has 0 aliphatic carbocycles. The van der Waals surface area contributed by atoms with Gasteiger partial charge in [0.25, 0.3) is 0 Å². The zero-order chi connectivity index (χ0) is 22.1. The van der Waals surface area contributed by atoms with Gasteiger partial charge >= 0.3 is 11.8 Å². The third-order valence-corrected chi connectivity index (χ3v) is 4.98. The topological polar surface area (TPSA) is 97.0 Å². The molecular formula is C23H27N3O5. The summed E-state index contributed by atoms with van der Waals surface area (Å²) in [7, 11) is 1.52. The molecule has 3 rings (SSSR count). The number of hydrogen-bond donors (Lipinski definition) is 2. The molecule has 1 unspecified atom stereocenters. The Morgan fingerprint density at radius 2 is 1.90 bits per heavy atom. The third-order valence-electron chi connectivity index (χ3n) is 4.98. The number of benzene rings is 2. The fourth-order valence-corrected chi connectivity index (χ4v) is 3.31. The molecule has 0 radical (unpaired) electrons. The van der Waals surface area contributed by atoms with Crippen LogP contribution >= 0.6 is 0 Å². The number of hydrogen-bond acceptors (Lipinski definition) is 5. The summed E-state index contributed by atoms with van der Waals surface area (Å²) in [5.41, 5.74) is 1.52. The lowest BCUT2D eigenvalue weighted by Crippen LogP contribution is -2.42. The van der Waals surface area contributed by atoms with Gasteiger partial charge in [-0.15, -0.1) is 0 Å². The van der Waals surface area contributed by atoms with E-state index in [1.807, 2.05) is 30.3 Å². The van der Waals surface area contributed by atoms with Crippen LogP contribution in [0.15, 0.2) is 54.6 Å².